The van der Waals surface area contributed by atoms with Crippen LogP contribution in [0.4, 0.5) is 0 Å². The van der Waals surface area contributed by atoms with Crippen LogP contribution in [0.2, 0.25) is 0 Å². The highest BCUT2D eigenvalue weighted by molar-refractivity contribution is 5.91. The van der Waals surface area contributed by atoms with Gasteiger partial charge in [-0.2, -0.15) is 0 Å². The predicted octanol–water partition coefficient (Wildman–Crippen LogP) is 3.43. The highest BCUT2D eigenvalue weighted by Gasteiger charge is 2.34. The van der Waals surface area contributed by atoms with Crippen LogP contribution >= 0.6 is 0 Å². The van der Waals surface area contributed by atoms with Crippen molar-refractivity contribution in [1.82, 2.24) is 25.9 Å². The van der Waals surface area contributed by atoms with Gasteiger partial charge in [0.1, 0.15) is 6.04 Å². The number of nitrogens with one attached hydrogen (secondary N) is 4. The molecular weight excluding hydrogens is 610 g/mol. The third-order valence-corrected chi connectivity index (χ3v) is 9.99. The topological polar surface area (TPSA) is 177 Å². The molecule has 1 aliphatic rings. The van der Waals surface area contributed by atoms with Crippen molar-refractivity contribution in [2.75, 3.05) is 13.2 Å². The van der Waals surface area contributed by atoms with Gasteiger partial charge in [0.05, 0.1) is 43.1 Å². The lowest BCUT2D eigenvalue weighted by molar-refractivity contribution is -0.134. The lowest BCUT2D eigenvalue weighted by Gasteiger charge is -2.33. The molecule has 2 aromatic rings. The molecule has 1 aromatic carbocycles. The first-order valence-corrected chi connectivity index (χ1v) is 17.8. The maximum atomic E-state index is 14.1. The number of aromatic nitrogens is 2. The van der Waals surface area contributed by atoms with Crippen LogP contribution in [0.5, 0.6) is 0 Å². The number of amides is 3. The third-order valence-electron chi connectivity index (χ3n) is 9.99. The molecule has 0 saturated heterocycles. The molecule has 0 bridgehead atoms. The van der Waals surface area contributed by atoms with Gasteiger partial charge >= 0.3 is 0 Å². The van der Waals surface area contributed by atoms with Crippen molar-refractivity contribution in [2.45, 2.75) is 122 Å². The van der Waals surface area contributed by atoms with E-state index in [9.17, 15) is 29.7 Å². The molecule has 5 atom stereocenters. The van der Waals surface area contributed by atoms with Gasteiger partial charge in [0.2, 0.25) is 17.7 Å². The molecule has 11 heteroatoms. The largest absolute Gasteiger partial charge is 0.394 e. The zero-order valence-corrected chi connectivity index (χ0v) is 29.3. The molecule has 0 spiro atoms. The average Bonchev–Trinajstić information content (AvgIpc) is 3.60. The van der Waals surface area contributed by atoms with Crippen LogP contribution in [-0.2, 0) is 27.2 Å². The zero-order chi connectivity index (χ0) is 35.1. The van der Waals surface area contributed by atoms with E-state index in [1.165, 1.54) is 19.7 Å². The molecule has 1 saturated carbocycles. The van der Waals surface area contributed by atoms with E-state index in [1.54, 1.807) is 6.20 Å². The Labute approximate surface area is 286 Å². The number of carbonyl (C=O) groups is 3. The number of imidazole rings is 1. The molecule has 0 radical (unpaired) electrons. The Morgan fingerprint density at radius 3 is 2.27 bits per heavy atom. The number of nitrogens with zero attached hydrogens (tertiary/aromatic N) is 1. The van der Waals surface area contributed by atoms with E-state index in [0.29, 0.717) is 36.3 Å². The number of benzene rings is 1. The molecule has 11 nitrogen and oxygen atoms in total. The van der Waals surface area contributed by atoms with Crippen LogP contribution in [0.15, 0.2) is 42.9 Å². The first kappa shape index (κ1) is 39.2. The highest BCUT2D eigenvalue weighted by atomic mass is 16.3. The van der Waals surface area contributed by atoms with Crippen LogP contribution in [0.25, 0.3) is 0 Å². The van der Waals surface area contributed by atoms with Gasteiger partial charge in [-0.1, -0.05) is 89.6 Å². The molecule has 1 aliphatic carbocycles. The van der Waals surface area contributed by atoms with Crippen molar-refractivity contribution >= 4 is 17.7 Å². The Morgan fingerprint density at radius 2 is 1.69 bits per heavy atom. The van der Waals surface area contributed by atoms with Crippen LogP contribution in [0.3, 0.4) is 0 Å². The van der Waals surface area contributed by atoms with Crippen LogP contribution in [-0.4, -0.2) is 79.9 Å². The quantitative estimate of drug-likeness (QED) is 0.113. The molecule has 7 N–H and O–H groups in total. The third kappa shape index (κ3) is 12.6. The van der Waals surface area contributed by atoms with Gasteiger partial charge in [0.25, 0.3) is 0 Å². The molecule has 0 aliphatic heterocycles. The van der Waals surface area contributed by atoms with Crippen LogP contribution < -0.4 is 16.0 Å². The maximum Gasteiger partial charge on any atom is 0.243 e. The number of rotatable bonds is 20. The molecule has 3 rings (SSSR count). The molecule has 1 fully saturated rings. The molecule has 48 heavy (non-hydrogen) atoms. The predicted molar refractivity (Wildman–Crippen MR) is 186 cm³/mol. The van der Waals surface area contributed by atoms with E-state index in [0.717, 1.165) is 37.7 Å². The van der Waals surface area contributed by atoms with Crippen molar-refractivity contribution in [2.24, 2.45) is 23.7 Å². The smallest absolute Gasteiger partial charge is 0.243 e. The summed E-state index contributed by atoms with van der Waals surface area (Å²) in [5.41, 5.74) is 0.261. The fourth-order valence-corrected chi connectivity index (χ4v) is 6.77. The summed E-state index contributed by atoms with van der Waals surface area (Å²) in [7, 11) is 0. The zero-order valence-electron chi connectivity index (χ0n) is 29.3. The van der Waals surface area contributed by atoms with Crippen LogP contribution in [0.1, 0.15) is 96.7 Å². The summed E-state index contributed by atoms with van der Waals surface area (Å²) < 4.78 is 0. The van der Waals surface area contributed by atoms with Gasteiger partial charge in [-0.05, 0) is 49.5 Å². The van der Waals surface area contributed by atoms with Gasteiger partial charge in [-0.15, -0.1) is 0 Å². The second-order valence-electron chi connectivity index (χ2n) is 14.4. The second-order valence-corrected chi connectivity index (χ2v) is 14.4. The molecule has 0 unspecified atom stereocenters. The number of aliphatic hydroxyl groups excluding tert-OH is 3. The molecule has 3 amide bonds. The van der Waals surface area contributed by atoms with Gasteiger partial charge in [0.15, 0.2) is 0 Å². The number of hydrogen-bond donors (Lipinski definition) is 7. The number of aromatic amines is 1. The maximum absolute atomic E-state index is 14.1. The Morgan fingerprint density at radius 1 is 1.00 bits per heavy atom. The first-order chi connectivity index (χ1) is 23.0. The van der Waals surface area contributed by atoms with Gasteiger partial charge in [-0.3, -0.25) is 14.4 Å². The molecule has 1 aromatic heterocycles. The van der Waals surface area contributed by atoms with E-state index >= 15 is 0 Å². The second kappa shape index (κ2) is 19.7. The summed E-state index contributed by atoms with van der Waals surface area (Å²) in [5, 5.41) is 39.7. The monoisotopic (exact) mass is 669 g/mol. The van der Waals surface area contributed by atoms with Crippen molar-refractivity contribution in [1.29, 1.82) is 0 Å². The Hall–Kier alpha value is -3.28. The van der Waals surface area contributed by atoms with E-state index in [4.69, 9.17) is 0 Å². The number of hydrogen-bond acceptors (Lipinski definition) is 7. The number of aliphatic hydroxyl groups is 3. The van der Waals surface area contributed by atoms with Crippen molar-refractivity contribution in [3.63, 3.8) is 0 Å². The fraction of sp³-hybridized carbons (Fsp3) is 0.676. The molecule has 1 heterocycles. The lowest BCUT2D eigenvalue weighted by Crippen LogP contribution is -2.55. The van der Waals surface area contributed by atoms with E-state index in [1.807, 2.05) is 30.3 Å². The van der Waals surface area contributed by atoms with Crippen molar-refractivity contribution in [3.8, 4) is 0 Å². The van der Waals surface area contributed by atoms with E-state index in [-0.39, 0.29) is 19.3 Å². The van der Waals surface area contributed by atoms with Crippen LogP contribution in [0, 0.1) is 23.7 Å². The number of carbonyl (C=O) groups excluding carboxylic acids is 3. The number of H-pyrrole nitrogens is 1. The highest BCUT2D eigenvalue weighted by Crippen LogP contribution is 2.30. The first-order valence-electron chi connectivity index (χ1n) is 17.8. The minimum absolute atomic E-state index is 0.144. The Kier molecular flexibility index (Phi) is 16.0. The summed E-state index contributed by atoms with van der Waals surface area (Å²) in [5.74, 6) is -1.09. The summed E-state index contributed by atoms with van der Waals surface area (Å²) in [6.07, 6.45) is 10.4. The normalized spacial score (nSPS) is 17.2. The van der Waals surface area contributed by atoms with E-state index < -0.39 is 60.6 Å². The molecule has 268 valence electrons. The fourth-order valence-electron chi connectivity index (χ4n) is 6.77. The summed E-state index contributed by atoms with van der Waals surface area (Å²) in [6, 6.07) is 7.86. The Balaban J connectivity index is 1.85. The Bertz CT molecular complexity index is 1230. The minimum Gasteiger partial charge on any atom is -0.394 e. The summed E-state index contributed by atoms with van der Waals surface area (Å²) in [4.78, 5) is 48.3. The van der Waals surface area contributed by atoms with Crippen molar-refractivity contribution < 1.29 is 29.7 Å². The van der Waals surface area contributed by atoms with Gasteiger partial charge < -0.3 is 36.3 Å². The van der Waals surface area contributed by atoms with Gasteiger partial charge in [0, 0.05) is 24.7 Å². The SMILES string of the molecule is CC[C@@H](C[C@H](O)[C@H](CC1CCCCC1)NC(=O)[C@H](Cc1cnc[nH]1)NC(=O)[C@@H](CC(=O)NC(C)(CO)CO)Cc1ccccc1)C(C)C. The van der Waals surface area contributed by atoms with Gasteiger partial charge in [-0.25, -0.2) is 4.98 Å². The van der Waals surface area contributed by atoms with E-state index in [2.05, 4.69) is 46.7 Å². The van der Waals surface area contributed by atoms with Crippen molar-refractivity contribution in [3.05, 3.63) is 54.1 Å². The summed E-state index contributed by atoms with van der Waals surface area (Å²) in [6.45, 7) is 7.02. The lowest BCUT2D eigenvalue weighted by atomic mass is 9.80. The summed E-state index contributed by atoms with van der Waals surface area (Å²) >= 11 is 0. The molecular formula is C37H59N5O6. The minimum atomic E-state index is -1.24. The average molecular weight is 670 g/mol. The standard InChI is InChI=1S/C37H59N5O6/c1-5-28(25(2)3)18-33(45)31(17-27-14-10-7-11-15-27)40-36(48)32(20-30-21-38-24-39-30)41-35(47)29(16-26-12-8-6-9-13-26)19-34(46)42-37(4,22-43)23-44/h6,8-9,12-13,21,24-25,27-29,31-33,43-45H,5,7,10-11,14-20,22-23H2,1-4H3,(H,38,39)(H,40,48)(H,41,47)(H,42,46)/t28-,29+,31-,32-,33-/m0/s1.